The predicted molar refractivity (Wildman–Crippen MR) is 266 cm³/mol. The molecular formula is C55H61N9. The Morgan fingerprint density at radius 2 is 0.656 bits per heavy atom. The van der Waals surface area contributed by atoms with Crippen molar-refractivity contribution in [3.05, 3.63) is 151 Å². The van der Waals surface area contributed by atoms with Crippen LogP contribution in [0.15, 0.2) is 149 Å². The summed E-state index contributed by atoms with van der Waals surface area (Å²) < 4.78 is 0. The second-order valence-corrected chi connectivity index (χ2v) is 20.7. The van der Waals surface area contributed by atoms with Gasteiger partial charge in [0.25, 0.3) is 0 Å². The van der Waals surface area contributed by atoms with Crippen molar-refractivity contribution >= 4 is 28.9 Å². The Hall–Kier alpha value is -6.48. The fraction of sp³-hybridized carbons (Fsp3) is 0.345. The van der Waals surface area contributed by atoms with Crippen molar-refractivity contribution in [1.29, 1.82) is 0 Å². The topological polar surface area (TPSA) is 85.5 Å². The van der Waals surface area contributed by atoms with E-state index in [-0.39, 0.29) is 33.2 Å². The van der Waals surface area contributed by atoms with Crippen molar-refractivity contribution in [2.45, 2.75) is 116 Å². The van der Waals surface area contributed by atoms with Gasteiger partial charge in [0.2, 0.25) is 0 Å². The van der Waals surface area contributed by atoms with Crippen molar-refractivity contribution in [3.8, 4) is 33.8 Å². The monoisotopic (exact) mass is 848 g/mol. The first kappa shape index (κ1) is 42.8. The van der Waals surface area contributed by atoms with Gasteiger partial charge in [-0.1, -0.05) is 36.4 Å². The molecule has 3 aliphatic rings. The second kappa shape index (κ2) is 14.8. The summed E-state index contributed by atoms with van der Waals surface area (Å²) in [6, 6.07) is 40.3. The number of likely N-dealkylation sites (N-methyl/N-ethyl adjacent to an activating group) is 1. The van der Waals surface area contributed by atoms with E-state index in [9.17, 15) is 0 Å². The number of para-hydroxylation sites is 2. The highest BCUT2D eigenvalue weighted by atomic mass is 15.3. The molecule has 3 aliphatic heterocycles. The van der Waals surface area contributed by atoms with Crippen LogP contribution in [0.5, 0.6) is 0 Å². The Bertz CT molecular complexity index is 2670. The SMILES string of the molecule is CN1C(c2ccc(-c3cc(-c4ccc(C5=NC(C)(C)C(C)(C)N5c5ccccc5)cn4)cc(-c4ccc(C5=NC(C)(C)C(C)(C)N5c5ccccc5)cn4)c3)nc2)=NC(C)(C)C1(C)C. The minimum Gasteiger partial charge on any atom is -0.352 e. The molecule has 0 aliphatic carbocycles. The molecule has 0 atom stereocenters. The van der Waals surface area contributed by atoms with Crippen LogP contribution in [0.2, 0.25) is 0 Å². The lowest BCUT2D eigenvalue weighted by atomic mass is 9.83. The van der Waals surface area contributed by atoms with E-state index in [2.05, 4.69) is 220 Å². The molecule has 3 aromatic heterocycles. The first-order valence-electron chi connectivity index (χ1n) is 22.4. The van der Waals surface area contributed by atoms with Crippen LogP contribution < -0.4 is 9.80 Å². The highest BCUT2D eigenvalue weighted by Gasteiger charge is 2.51. The molecule has 0 unspecified atom stereocenters. The van der Waals surface area contributed by atoms with Crippen LogP contribution >= 0.6 is 0 Å². The van der Waals surface area contributed by atoms with Gasteiger partial charge in [-0.3, -0.25) is 29.9 Å². The van der Waals surface area contributed by atoms with Gasteiger partial charge in [-0.05, 0) is 162 Å². The van der Waals surface area contributed by atoms with Gasteiger partial charge < -0.3 is 14.7 Å². The second-order valence-electron chi connectivity index (χ2n) is 20.7. The average molecular weight is 848 g/mol. The Balaban J connectivity index is 1.11. The molecule has 0 spiro atoms. The first-order chi connectivity index (χ1) is 30.1. The third-order valence-corrected chi connectivity index (χ3v) is 15.3. The smallest absolute Gasteiger partial charge is 0.138 e. The molecule has 0 fully saturated rings. The molecule has 6 heterocycles. The van der Waals surface area contributed by atoms with Crippen LogP contribution in [-0.4, -0.2) is 77.6 Å². The Morgan fingerprint density at radius 3 is 0.953 bits per heavy atom. The third kappa shape index (κ3) is 6.82. The Labute approximate surface area is 379 Å². The largest absolute Gasteiger partial charge is 0.352 e. The average Bonchev–Trinajstić information content (AvgIpc) is 3.68. The van der Waals surface area contributed by atoms with E-state index in [4.69, 9.17) is 29.9 Å². The lowest BCUT2D eigenvalue weighted by Gasteiger charge is -2.41. The van der Waals surface area contributed by atoms with E-state index in [1.165, 1.54) is 0 Å². The maximum atomic E-state index is 5.30. The molecule has 6 aromatic rings. The van der Waals surface area contributed by atoms with E-state index in [1.54, 1.807) is 0 Å². The number of pyridine rings is 3. The lowest BCUT2D eigenvalue weighted by Crippen LogP contribution is -2.53. The summed E-state index contributed by atoms with van der Waals surface area (Å²) in [5, 5.41) is 0. The van der Waals surface area contributed by atoms with E-state index in [1.807, 2.05) is 18.6 Å². The van der Waals surface area contributed by atoms with Gasteiger partial charge in [0.15, 0.2) is 0 Å². The quantitative estimate of drug-likeness (QED) is 0.152. The van der Waals surface area contributed by atoms with Crippen LogP contribution in [0.25, 0.3) is 33.8 Å². The van der Waals surface area contributed by atoms with Crippen molar-refractivity contribution in [3.63, 3.8) is 0 Å². The Kier molecular flexibility index (Phi) is 9.89. The van der Waals surface area contributed by atoms with Crippen LogP contribution in [0.1, 0.15) is 99.8 Å². The zero-order chi connectivity index (χ0) is 45.6. The zero-order valence-electron chi connectivity index (χ0n) is 39.7. The number of aromatic nitrogens is 3. The highest BCUT2D eigenvalue weighted by Crippen LogP contribution is 2.44. The maximum Gasteiger partial charge on any atom is 0.138 e. The molecule has 9 rings (SSSR count). The minimum absolute atomic E-state index is 0.136. The van der Waals surface area contributed by atoms with Gasteiger partial charge >= 0.3 is 0 Å². The van der Waals surface area contributed by atoms with E-state index in [0.717, 1.165) is 79.3 Å². The summed E-state index contributed by atoms with van der Waals surface area (Å²) in [5.41, 5.74) is 9.03. The molecule has 0 saturated carbocycles. The number of hydrogen-bond acceptors (Lipinski definition) is 9. The van der Waals surface area contributed by atoms with Crippen molar-refractivity contribution < 1.29 is 0 Å². The molecule has 0 radical (unpaired) electrons. The number of nitrogens with zero attached hydrogens (tertiary/aromatic N) is 9. The van der Waals surface area contributed by atoms with E-state index < -0.39 is 0 Å². The molecule has 64 heavy (non-hydrogen) atoms. The maximum absolute atomic E-state index is 5.30. The summed E-state index contributed by atoms with van der Waals surface area (Å²) in [6.45, 7) is 26.7. The first-order valence-corrected chi connectivity index (χ1v) is 22.4. The molecule has 0 N–H and O–H groups in total. The van der Waals surface area contributed by atoms with Gasteiger partial charge in [-0.15, -0.1) is 0 Å². The number of aliphatic imine (C=N–C) groups is 3. The fourth-order valence-corrected chi connectivity index (χ4v) is 8.98. The minimum atomic E-state index is -0.325. The summed E-state index contributed by atoms with van der Waals surface area (Å²) in [7, 11) is 2.12. The fourth-order valence-electron chi connectivity index (χ4n) is 8.98. The number of benzene rings is 3. The molecular weight excluding hydrogens is 787 g/mol. The summed E-state index contributed by atoms with van der Waals surface area (Å²) >= 11 is 0. The van der Waals surface area contributed by atoms with Gasteiger partial charge in [0, 0.05) is 70.4 Å². The molecule has 0 saturated heterocycles. The lowest BCUT2D eigenvalue weighted by molar-refractivity contribution is 0.186. The van der Waals surface area contributed by atoms with Crippen LogP contribution in [0.3, 0.4) is 0 Å². The van der Waals surface area contributed by atoms with Gasteiger partial charge in [0.1, 0.15) is 17.5 Å². The highest BCUT2D eigenvalue weighted by molar-refractivity contribution is 6.13. The zero-order valence-corrected chi connectivity index (χ0v) is 39.7. The Morgan fingerprint density at radius 1 is 0.344 bits per heavy atom. The van der Waals surface area contributed by atoms with Crippen LogP contribution in [0, 0.1) is 0 Å². The van der Waals surface area contributed by atoms with E-state index >= 15 is 0 Å². The standard InChI is InChI=1S/C55H61N9/c1-50(2)53(7,8)62(13)47(59-50)36-24-27-44(56-33-36)39-30-40(45-28-25-37(34-57-45)48-60-51(3,4)54(9,10)63(48)42-20-16-14-17-21-42)32-41(31-39)46-29-26-38(35-58-46)49-61-52(5,6)55(11,12)64(49)43-22-18-15-19-23-43/h14-35H,1-13H3. The number of anilines is 2. The third-order valence-electron chi connectivity index (χ3n) is 15.3. The summed E-state index contributed by atoms with van der Waals surface area (Å²) in [5.74, 6) is 2.78. The van der Waals surface area contributed by atoms with Gasteiger partial charge in [-0.25, -0.2) is 0 Å². The molecule has 9 heteroatoms. The van der Waals surface area contributed by atoms with Crippen molar-refractivity contribution in [1.82, 2.24) is 19.9 Å². The molecule has 326 valence electrons. The summed E-state index contributed by atoms with van der Waals surface area (Å²) in [6.07, 6.45) is 5.86. The van der Waals surface area contributed by atoms with Crippen LogP contribution in [0.4, 0.5) is 11.4 Å². The number of rotatable bonds is 8. The normalized spacial score (nSPS) is 20.0. The predicted octanol–water partition coefficient (Wildman–Crippen LogP) is 11.8. The van der Waals surface area contributed by atoms with Crippen molar-refractivity contribution in [2.75, 3.05) is 16.8 Å². The van der Waals surface area contributed by atoms with E-state index in [0.29, 0.717) is 0 Å². The van der Waals surface area contributed by atoms with Gasteiger partial charge in [-0.2, -0.15) is 0 Å². The van der Waals surface area contributed by atoms with Crippen LogP contribution in [-0.2, 0) is 0 Å². The summed E-state index contributed by atoms with van der Waals surface area (Å²) in [4.78, 5) is 38.0. The number of amidine groups is 3. The molecule has 0 bridgehead atoms. The van der Waals surface area contributed by atoms with Gasteiger partial charge in [0.05, 0.1) is 50.3 Å². The number of hydrogen-bond donors (Lipinski definition) is 0. The molecule has 3 aromatic carbocycles. The molecule has 9 nitrogen and oxygen atoms in total. The van der Waals surface area contributed by atoms with Crippen molar-refractivity contribution in [2.24, 2.45) is 15.0 Å². The molecule has 0 amide bonds.